The number of carbonyl (C=O) groups is 2. The highest BCUT2D eigenvalue weighted by atomic mass is 16.6. The molecule has 168 valence electrons. The van der Waals surface area contributed by atoms with Crippen molar-refractivity contribution in [2.45, 2.75) is 45.3 Å². The van der Waals surface area contributed by atoms with E-state index < -0.39 is 6.10 Å². The molecule has 32 heavy (non-hydrogen) atoms. The van der Waals surface area contributed by atoms with Crippen molar-refractivity contribution < 1.29 is 19.2 Å². The lowest BCUT2D eigenvalue weighted by Gasteiger charge is -2.33. The molecule has 0 spiro atoms. The van der Waals surface area contributed by atoms with Gasteiger partial charge in [0, 0.05) is 30.9 Å². The number of fused-ring (bicyclic) bond motifs is 1. The molecule has 2 heterocycles. The molecule has 4 rings (SSSR count). The summed E-state index contributed by atoms with van der Waals surface area (Å²) in [5, 5.41) is 11.3. The molecule has 1 amide bonds. The van der Waals surface area contributed by atoms with Crippen LogP contribution in [0.15, 0.2) is 48.5 Å². The van der Waals surface area contributed by atoms with Gasteiger partial charge in [-0.15, -0.1) is 0 Å². The fraction of sp³-hybridized carbons (Fsp3) is 0.417. The Labute approximate surface area is 186 Å². The predicted octanol–water partition coefficient (Wildman–Crippen LogP) is 3.72. The van der Waals surface area contributed by atoms with Crippen LogP contribution < -0.4 is 9.80 Å². The van der Waals surface area contributed by atoms with Gasteiger partial charge in [-0.1, -0.05) is 30.3 Å². The Bertz CT molecular complexity index is 1030. The zero-order valence-corrected chi connectivity index (χ0v) is 18.3. The van der Waals surface area contributed by atoms with E-state index in [0.717, 1.165) is 17.7 Å². The van der Waals surface area contributed by atoms with E-state index in [9.17, 15) is 19.7 Å². The van der Waals surface area contributed by atoms with Gasteiger partial charge in [-0.3, -0.25) is 19.7 Å². The minimum absolute atomic E-state index is 0.0194. The molecule has 8 heteroatoms. The van der Waals surface area contributed by atoms with Crippen molar-refractivity contribution in [2.75, 3.05) is 22.9 Å². The van der Waals surface area contributed by atoms with Gasteiger partial charge in [0.05, 0.1) is 10.8 Å². The summed E-state index contributed by atoms with van der Waals surface area (Å²) in [6, 6.07) is 14.4. The Balaban J connectivity index is 1.35. The average Bonchev–Trinajstić information content (AvgIpc) is 3.14. The van der Waals surface area contributed by atoms with Crippen molar-refractivity contribution in [3.63, 3.8) is 0 Å². The first-order valence-corrected chi connectivity index (χ1v) is 11.0. The van der Waals surface area contributed by atoms with Crippen LogP contribution in [0.25, 0.3) is 0 Å². The molecule has 1 fully saturated rings. The Kier molecular flexibility index (Phi) is 6.12. The van der Waals surface area contributed by atoms with E-state index in [0.29, 0.717) is 31.6 Å². The standard InChI is InChI=1S/C24H27N3O5/c1-16-15-19-7-3-4-8-20(19)26(16)23(28)17(2)32-24(29)18-11-13-25(14-12-18)21-9-5-6-10-22(21)27(30)31/h3-10,16-18H,11-15H2,1-2H3/t16-,17+/m1/s1. The molecule has 1 saturated heterocycles. The third-order valence-electron chi connectivity index (χ3n) is 6.33. The number of esters is 1. The number of nitrogens with zero attached hydrogens (tertiary/aromatic N) is 3. The number of piperidine rings is 1. The second-order valence-electron chi connectivity index (χ2n) is 8.48. The Hall–Kier alpha value is -3.42. The number of anilines is 2. The fourth-order valence-electron chi connectivity index (χ4n) is 4.66. The maximum atomic E-state index is 13.1. The average molecular weight is 437 g/mol. The number of nitro benzene ring substituents is 1. The molecule has 0 N–H and O–H groups in total. The molecule has 8 nitrogen and oxygen atoms in total. The normalized spacial score (nSPS) is 19.4. The molecule has 0 bridgehead atoms. The van der Waals surface area contributed by atoms with Gasteiger partial charge in [-0.2, -0.15) is 0 Å². The fourth-order valence-corrected chi connectivity index (χ4v) is 4.66. The number of nitro groups is 1. The van der Waals surface area contributed by atoms with Crippen molar-refractivity contribution in [3.05, 3.63) is 64.2 Å². The second-order valence-corrected chi connectivity index (χ2v) is 8.48. The summed E-state index contributed by atoms with van der Waals surface area (Å²) in [5.41, 5.74) is 2.63. The van der Waals surface area contributed by atoms with E-state index >= 15 is 0 Å². The lowest BCUT2D eigenvalue weighted by molar-refractivity contribution is -0.384. The van der Waals surface area contributed by atoms with Crippen LogP contribution >= 0.6 is 0 Å². The molecule has 0 unspecified atom stereocenters. The lowest BCUT2D eigenvalue weighted by atomic mass is 9.96. The van der Waals surface area contributed by atoms with Crippen LogP contribution in [0.1, 0.15) is 32.3 Å². The van der Waals surface area contributed by atoms with Crippen molar-refractivity contribution in [1.29, 1.82) is 0 Å². The second kappa shape index (κ2) is 8.98. The van der Waals surface area contributed by atoms with Gasteiger partial charge < -0.3 is 14.5 Å². The van der Waals surface area contributed by atoms with Crippen LogP contribution in [0.5, 0.6) is 0 Å². The highest BCUT2D eigenvalue weighted by molar-refractivity contribution is 5.99. The monoisotopic (exact) mass is 437 g/mol. The number of carbonyl (C=O) groups excluding carboxylic acids is 2. The molecule has 2 aromatic rings. The molecule has 2 aromatic carbocycles. The Morgan fingerprint density at radius 3 is 2.38 bits per heavy atom. The number of hydrogen-bond donors (Lipinski definition) is 0. The van der Waals surface area contributed by atoms with Crippen LogP contribution in [0.2, 0.25) is 0 Å². The Morgan fingerprint density at radius 1 is 1.06 bits per heavy atom. The van der Waals surface area contributed by atoms with Gasteiger partial charge in [0.15, 0.2) is 6.10 Å². The molecular weight excluding hydrogens is 410 g/mol. The molecule has 0 radical (unpaired) electrons. The first-order chi connectivity index (χ1) is 15.4. The topological polar surface area (TPSA) is 93.0 Å². The zero-order valence-electron chi connectivity index (χ0n) is 18.3. The van der Waals surface area contributed by atoms with Crippen molar-refractivity contribution >= 4 is 28.9 Å². The summed E-state index contributed by atoms with van der Waals surface area (Å²) in [6.07, 6.45) is 0.959. The zero-order chi connectivity index (χ0) is 22.8. The van der Waals surface area contributed by atoms with Gasteiger partial charge in [0.2, 0.25) is 0 Å². The van der Waals surface area contributed by atoms with E-state index in [1.54, 1.807) is 30.0 Å². The van der Waals surface area contributed by atoms with Crippen LogP contribution in [0, 0.1) is 16.0 Å². The summed E-state index contributed by atoms with van der Waals surface area (Å²) in [6.45, 7) is 4.65. The van der Waals surface area contributed by atoms with Crippen molar-refractivity contribution in [3.8, 4) is 0 Å². The van der Waals surface area contributed by atoms with Crippen LogP contribution in [0.3, 0.4) is 0 Å². The summed E-state index contributed by atoms with van der Waals surface area (Å²) >= 11 is 0. The molecule has 2 aliphatic heterocycles. The summed E-state index contributed by atoms with van der Waals surface area (Å²) in [4.78, 5) is 40.4. The maximum Gasteiger partial charge on any atom is 0.309 e. The maximum absolute atomic E-state index is 13.1. The molecular formula is C24H27N3O5. The summed E-state index contributed by atoms with van der Waals surface area (Å²) < 4.78 is 5.57. The van der Waals surface area contributed by atoms with E-state index in [4.69, 9.17) is 4.74 Å². The van der Waals surface area contributed by atoms with Crippen molar-refractivity contribution in [1.82, 2.24) is 0 Å². The highest BCUT2D eigenvalue weighted by Crippen LogP contribution is 2.34. The number of hydrogen-bond acceptors (Lipinski definition) is 6. The SMILES string of the molecule is C[C@H](OC(=O)C1CCN(c2ccccc2[N+](=O)[O-])CC1)C(=O)N1c2ccccc2C[C@H]1C. The van der Waals surface area contributed by atoms with Crippen LogP contribution in [-0.4, -0.2) is 42.0 Å². The molecule has 0 aromatic heterocycles. The number of rotatable bonds is 5. The predicted molar refractivity (Wildman–Crippen MR) is 121 cm³/mol. The molecule has 0 saturated carbocycles. The van der Waals surface area contributed by atoms with E-state index in [1.165, 1.54) is 6.07 Å². The minimum Gasteiger partial charge on any atom is -0.452 e. The molecule has 2 aliphatic rings. The van der Waals surface area contributed by atoms with Gasteiger partial charge >= 0.3 is 5.97 Å². The first kappa shape index (κ1) is 21.8. The Morgan fingerprint density at radius 2 is 1.69 bits per heavy atom. The number of benzene rings is 2. The van der Waals surface area contributed by atoms with Gasteiger partial charge in [0.1, 0.15) is 5.69 Å². The largest absolute Gasteiger partial charge is 0.452 e. The van der Waals surface area contributed by atoms with Crippen LogP contribution in [0.4, 0.5) is 17.1 Å². The third-order valence-corrected chi connectivity index (χ3v) is 6.33. The van der Waals surface area contributed by atoms with Crippen LogP contribution in [-0.2, 0) is 20.7 Å². The number of ether oxygens (including phenoxy) is 1. The first-order valence-electron chi connectivity index (χ1n) is 11.0. The molecule has 0 aliphatic carbocycles. The number of para-hydroxylation sites is 3. The van der Waals surface area contributed by atoms with Gasteiger partial charge in [-0.05, 0) is 50.8 Å². The van der Waals surface area contributed by atoms with E-state index in [1.807, 2.05) is 36.1 Å². The van der Waals surface area contributed by atoms with E-state index in [-0.39, 0.29) is 34.4 Å². The van der Waals surface area contributed by atoms with E-state index in [2.05, 4.69) is 0 Å². The molecule has 2 atom stereocenters. The summed E-state index contributed by atoms with van der Waals surface area (Å²) in [5.74, 6) is -0.922. The smallest absolute Gasteiger partial charge is 0.309 e. The van der Waals surface area contributed by atoms with Gasteiger partial charge in [-0.25, -0.2) is 0 Å². The van der Waals surface area contributed by atoms with Crippen molar-refractivity contribution in [2.24, 2.45) is 5.92 Å². The third kappa shape index (κ3) is 4.17. The quantitative estimate of drug-likeness (QED) is 0.402. The number of amides is 1. The van der Waals surface area contributed by atoms with Gasteiger partial charge in [0.25, 0.3) is 11.6 Å². The minimum atomic E-state index is -0.871. The highest BCUT2D eigenvalue weighted by Gasteiger charge is 2.36. The summed E-state index contributed by atoms with van der Waals surface area (Å²) in [7, 11) is 0. The lowest BCUT2D eigenvalue weighted by Crippen LogP contribution is -2.44.